The van der Waals surface area contributed by atoms with Crippen LogP contribution in [0.1, 0.15) is 24.5 Å². The molecule has 2 rings (SSSR count). The lowest BCUT2D eigenvalue weighted by Crippen LogP contribution is -2.48. The molecule has 1 atom stereocenters. The summed E-state index contributed by atoms with van der Waals surface area (Å²) in [4.78, 5) is 14.4. The third kappa shape index (κ3) is 6.58. The SMILES string of the molecule is Cc1c(CN2CCNC(C)C2)cc(Cl)cc1NC(=O)CCS(C)(=O)=O. The second-order valence-corrected chi connectivity index (χ2v) is 9.45. The van der Waals surface area contributed by atoms with Gasteiger partial charge in [0.2, 0.25) is 5.91 Å². The van der Waals surface area contributed by atoms with Crippen LogP contribution < -0.4 is 10.6 Å². The summed E-state index contributed by atoms with van der Waals surface area (Å²) in [6, 6.07) is 4.08. The van der Waals surface area contributed by atoms with Crippen molar-refractivity contribution < 1.29 is 13.2 Å². The van der Waals surface area contributed by atoms with Crippen LogP contribution in [-0.4, -0.2) is 56.9 Å². The maximum Gasteiger partial charge on any atom is 0.225 e. The van der Waals surface area contributed by atoms with Gasteiger partial charge in [0.15, 0.2) is 0 Å². The molecule has 0 bridgehead atoms. The summed E-state index contributed by atoms with van der Waals surface area (Å²) in [6.45, 7) is 7.75. The normalized spacial score (nSPS) is 19.0. The van der Waals surface area contributed by atoms with E-state index in [2.05, 4.69) is 22.5 Å². The van der Waals surface area contributed by atoms with E-state index >= 15 is 0 Å². The second kappa shape index (κ2) is 8.49. The Hall–Kier alpha value is -1.15. The first-order chi connectivity index (χ1) is 11.6. The van der Waals surface area contributed by atoms with Crippen molar-refractivity contribution in [1.82, 2.24) is 10.2 Å². The standard InChI is InChI=1S/C17H26ClN3O3S/c1-12-10-21(6-5-19-12)11-14-8-15(18)9-16(13(14)2)20-17(22)4-7-25(3,23)24/h8-9,12,19H,4-7,10-11H2,1-3H3,(H,20,22). The molecular weight excluding hydrogens is 362 g/mol. The molecular formula is C17H26ClN3O3S. The zero-order chi connectivity index (χ0) is 18.6. The molecule has 140 valence electrons. The van der Waals surface area contributed by atoms with Crippen LogP contribution >= 0.6 is 11.6 Å². The molecule has 0 spiro atoms. The van der Waals surface area contributed by atoms with Crippen LogP contribution in [0, 0.1) is 6.92 Å². The molecule has 0 saturated carbocycles. The van der Waals surface area contributed by atoms with Crippen molar-refractivity contribution in [2.24, 2.45) is 0 Å². The van der Waals surface area contributed by atoms with Crippen molar-refractivity contribution in [2.45, 2.75) is 32.9 Å². The van der Waals surface area contributed by atoms with Crippen molar-refractivity contribution in [1.29, 1.82) is 0 Å². The Balaban J connectivity index is 2.09. The quantitative estimate of drug-likeness (QED) is 0.778. The highest BCUT2D eigenvalue weighted by Gasteiger charge is 2.18. The van der Waals surface area contributed by atoms with Gasteiger partial charge in [-0.05, 0) is 37.1 Å². The first kappa shape index (κ1) is 20.2. The number of nitrogens with one attached hydrogen (secondary N) is 2. The van der Waals surface area contributed by atoms with Crippen molar-refractivity contribution in [3.8, 4) is 0 Å². The lowest BCUT2D eigenvalue weighted by Gasteiger charge is -2.32. The zero-order valence-corrected chi connectivity index (χ0v) is 16.5. The van der Waals surface area contributed by atoms with E-state index in [1.807, 2.05) is 13.0 Å². The minimum Gasteiger partial charge on any atom is -0.326 e. The Morgan fingerprint density at radius 3 is 2.80 bits per heavy atom. The number of rotatable bonds is 6. The molecule has 2 N–H and O–H groups in total. The number of carbonyl (C=O) groups is 1. The van der Waals surface area contributed by atoms with Gasteiger partial charge in [0.25, 0.3) is 0 Å². The molecule has 0 aromatic heterocycles. The number of halogens is 1. The number of carbonyl (C=O) groups excluding carboxylic acids is 1. The number of piperazine rings is 1. The number of amides is 1. The van der Waals surface area contributed by atoms with Gasteiger partial charge in [-0.2, -0.15) is 0 Å². The fourth-order valence-corrected chi connectivity index (χ4v) is 3.71. The summed E-state index contributed by atoms with van der Waals surface area (Å²) < 4.78 is 22.4. The maximum atomic E-state index is 12.0. The van der Waals surface area contributed by atoms with E-state index in [9.17, 15) is 13.2 Å². The van der Waals surface area contributed by atoms with Crippen LogP contribution in [0.15, 0.2) is 12.1 Å². The minimum absolute atomic E-state index is 0.0601. The molecule has 6 nitrogen and oxygen atoms in total. The van der Waals surface area contributed by atoms with E-state index in [1.54, 1.807) is 6.07 Å². The maximum absolute atomic E-state index is 12.0. The van der Waals surface area contributed by atoms with E-state index in [-0.39, 0.29) is 18.1 Å². The summed E-state index contributed by atoms with van der Waals surface area (Å²) in [7, 11) is -3.16. The summed E-state index contributed by atoms with van der Waals surface area (Å²) in [5.41, 5.74) is 2.67. The Morgan fingerprint density at radius 2 is 2.16 bits per heavy atom. The number of hydrogen-bond acceptors (Lipinski definition) is 5. The molecule has 0 aliphatic carbocycles. The number of sulfone groups is 1. The number of nitrogens with zero attached hydrogens (tertiary/aromatic N) is 1. The van der Waals surface area contributed by atoms with E-state index in [0.29, 0.717) is 16.8 Å². The average Bonchev–Trinajstić information content (AvgIpc) is 2.49. The van der Waals surface area contributed by atoms with Gasteiger partial charge in [0, 0.05) is 55.6 Å². The van der Waals surface area contributed by atoms with Gasteiger partial charge in [0.05, 0.1) is 5.75 Å². The summed E-state index contributed by atoms with van der Waals surface area (Å²) >= 11 is 6.22. The van der Waals surface area contributed by atoms with Crippen LogP contribution in [0.25, 0.3) is 0 Å². The first-order valence-electron chi connectivity index (χ1n) is 8.36. The highest BCUT2D eigenvalue weighted by molar-refractivity contribution is 7.90. The fraction of sp³-hybridized carbons (Fsp3) is 0.588. The van der Waals surface area contributed by atoms with E-state index < -0.39 is 9.84 Å². The van der Waals surface area contributed by atoms with Gasteiger partial charge in [-0.1, -0.05) is 11.6 Å². The minimum atomic E-state index is -3.16. The first-order valence-corrected chi connectivity index (χ1v) is 10.8. The van der Waals surface area contributed by atoms with Crippen molar-refractivity contribution in [3.63, 3.8) is 0 Å². The Kier molecular flexibility index (Phi) is 6.85. The summed E-state index contributed by atoms with van der Waals surface area (Å²) in [6.07, 6.45) is 1.06. The zero-order valence-electron chi connectivity index (χ0n) is 14.9. The number of benzene rings is 1. The predicted octanol–water partition coefficient (Wildman–Crippen LogP) is 1.82. The Morgan fingerprint density at radius 1 is 1.44 bits per heavy atom. The molecule has 1 aliphatic rings. The molecule has 1 aromatic carbocycles. The van der Waals surface area contributed by atoms with Gasteiger partial charge < -0.3 is 10.6 Å². The smallest absolute Gasteiger partial charge is 0.225 e. The van der Waals surface area contributed by atoms with Crippen LogP contribution in [0.3, 0.4) is 0 Å². The lowest BCUT2D eigenvalue weighted by atomic mass is 10.0. The van der Waals surface area contributed by atoms with Gasteiger partial charge in [-0.25, -0.2) is 8.42 Å². The molecule has 1 unspecified atom stereocenters. The molecule has 1 heterocycles. The average molecular weight is 388 g/mol. The number of anilines is 1. The van der Waals surface area contributed by atoms with Crippen molar-refractivity contribution in [3.05, 3.63) is 28.3 Å². The highest BCUT2D eigenvalue weighted by Crippen LogP contribution is 2.26. The molecule has 1 aliphatic heterocycles. The van der Waals surface area contributed by atoms with Crippen molar-refractivity contribution in [2.75, 3.05) is 37.0 Å². The van der Waals surface area contributed by atoms with Gasteiger partial charge >= 0.3 is 0 Å². The number of hydrogen-bond donors (Lipinski definition) is 2. The second-order valence-electron chi connectivity index (χ2n) is 6.76. The lowest BCUT2D eigenvalue weighted by molar-refractivity contribution is -0.115. The monoisotopic (exact) mass is 387 g/mol. The van der Waals surface area contributed by atoms with Gasteiger partial charge in [0.1, 0.15) is 9.84 Å². The fourth-order valence-electron chi connectivity index (χ4n) is 2.92. The summed E-state index contributed by atoms with van der Waals surface area (Å²) in [5.74, 6) is -0.484. The van der Waals surface area contributed by atoms with E-state index in [0.717, 1.165) is 43.6 Å². The molecule has 0 radical (unpaired) electrons. The van der Waals surface area contributed by atoms with Gasteiger partial charge in [-0.3, -0.25) is 9.69 Å². The van der Waals surface area contributed by atoms with Crippen molar-refractivity contribution >= 4 is 33.0 Å². The largest absolute Gasteiger partial charge is 0.326 e. The highest BCUT2D eigenvalue weighted by atomic mass is 35.5. The topological polar surface area (TPSA) is 78.5 Å². The summed E-state index contributed by atoms with van der Waals surface area (Å²) in [5, 5.41) is 6.76. The predicted molar refractivity (Wildman–Crippen MR) is 102 cm³/mol. The van der Waals surface area contributed by atoms with Crippen LogP contribution in [0.2, 0.25) is 5.02 Å². The van der Waals surface area contributed by atoms with Crippen LogP contribution in [-0.2, 0) is 21.2 Å². The Bertz CT molecular complexity index is 737. The van der Waals surface area contributed by atoms with Crippen LogP contribution in [0.4, 0.5) is 5.69 Å². The molecule has 1 aromatic rings. The molecule has 8 heteroatoms. The molecule has 1 amide bonds. The molecule has 25 heavy (non-hydrogen) atoms. The third-order valence-electron chi connectivity index (χ3n) is 4.30. The van der Waals surface area contributed by atoms with E-state index in [4.69, 9.17) is 11.6 Å². The third-order valence-corrected chi connectivity index (χ3v) is 5.46. The molecule has 1 fully saturated rings. The Labute approximate surface area is 154 Å². The van der Waals surface area contributed by atoms with E-state index in [1.165, 1.54) is 0 Å². The van der Waals surface area contributed by atoms with Gasteiger partial charge in [-0.15, -0.1) is 0 Å². The molecule has 1 saturated heterocycles. The van der Waals surface area contributed by atoms with Crippen LogP contribution in [0.5, 0.6) is 0 Å².